The van der Waals surface area contributed by atoms with Crippen molar-refractivity contribution in [2.24, 2.45) is 0 Å². The minimum absolute atomic E-state index is 0.485. The molecule has 86 valence electrons. The second-order valence-electron chi connectivity index (χ2n) is 3.86. The van der Waals surface area contributed by atoms with E-state index in [-0.39, 0.29) is 0 Å². The largest absolute Gasteiger partial charge is 0.453 e. The summed E-state index contributed by atoms with van der Waals surface area (Å²) in [5, 5.41) is 12.2. The number of nitrogens with zero attached hydrogens (tertiary/aromatic N) is 1. The second-order valence-corrected chi connectivity index (χ2v) is 3.86. The van der Waals surface area contributed by atoms with Gasteiger partial charge >= 0.3 is 0 Å². The molecule has 0 saturated heterocycles. The van der Waals surface area contributed by atoms with Gasteiger partial charge in [0.15, 0.2) is 17.8 Å². The maximum absolute atomic E-state index is 11.0. The third-order valence-electron chi connectivity index (χ3n) is 2.80. The van der Waals surface area contributed by atoms with E-state index >= 15 is 0 Å². The molecule has 0 amide bonds. The van der Waals surface area contributed by atoms with Crippen LogP contribution in [0.5, 0.6) is 11.5 Å². The van der Waals surface area contributed by atoms with Gasteiger partial charge in [-0.1, -0.05) is 12.1 Å². The molecule has 0 aromatic heterocycles. The molecular weight excluding hydrogens is 228 g/mol. The molecule has 0 radical (unpaired) electrons. The van der Waals surface area contributed by atoms with Crippen LogP contribution in [0.2, 0.25) is 0 Å². The van der Waals surface area contributed by atoms with Gasteiger partial charge in [0, 0.05) is 5.56 Å². The van der Waals surface area contributed by atoms with Crippen molar-refractivity contribution in [2.75, 3.05) is 5.32 Å². The summed E-state index contributed by atoms with van der Waals surface area (Å²) in [7, 11) is 0. The fraction of sp³-hybridized carbons (Fsp3) is 0. The third kappa shape index (κ3) is 1.42. The van der Waals surface area contributed by atoms with Crippen LogP contribution in [-0.4, -0.2) is 6.29 Å². The van der Waals surface area contributed by atoms with E-state index in [2.05, 4.69) is 11.4 Å². The van der Waals surface area contributed by atoms with Crippen LogP contribution in [0, 0.1) is 11.3 Å². The Hall–Kier alpha value is -2.80. The van der Waals surface area contributed by atoms with Crippen molar-refractivity contribution in [3.8, 4) is 17.6 Å². The van der Waals surface area contributed by atoms with E-state index < -0.39 is 0 Å². The number of ether oxygens (including phenoxy) is 1. The molecule has 0 saturated carbocycles. The minimum Gasteiger partial charge on any atom is -0.453 e. The second kappa shape index (κ2) is 3.90. The first-order chi connectivity index (χ1) is 8.83. The zero-order valence-corrected chi connectivity index (χ0v) is 9.31. The van der Waals surface area contributed by atoms with Gasteiger partial charge in [-0.2, -0.15) is 5.26 Å². The van der Waals surface area contributed by atoms with Crippen LogP contribution >= 0.6 is 0 Å². The van der Waals surface area contributed by atoms with Gasteiger partial charge in [-0.15, -0.1) is 0 Å². The number of anilines is 2. The molecule has 18 heavy (non-hydrogen) atoms. The maximum Gasteiger partial charge on any atom is 0.152 e. The lowest BCUT2D eigenvalue weighted by Gasteiger charge is -2.23. The first-order valence-electron chi connectivity index (χ1n) is 5.39. The van der Waals surface area contributed by atoms with Crippen LogP contribution in [0.4, 0.5) is 11.4 Å². The molecule has 1 aliphatic heterocycles. The molecule has 4 heteroatoms. The van der Waals surface area contributed by atoms with E-state index in [0.29, 0.717) is 34.0 Å². The minimum atomic E-state index is 0.485. The lowest BCUT2D eigenvalue weighted by Crippen LogP contribution is -2.06. The van der Waals surface area contributed by atoms with E-state index in [1.54, 1.807) is 36.4 Å². The lowest BCUT2D eigenvalue weighted by atomic mass is 10.1. The standard InChI is InChI=1S/C14H8N2O2/c15-7-9-3-1-5-11-13(9)16-14-10(8-17)4-2-6-12(14)18-11/h1-6,8,16H. The molecule has 0 atom stereocenters. The molecule has 4 nitrogen and oxygen atoms in total. The van der Waals surface area contributed by atoms with E-state index in [4.69, 9.17) is 10.00 Å². The summed E-state index contributed by atoms with van der Waals surface area (Å²) in [4.78, 5) is 11.0. The van der Waals surface area contributed by atoms with Gasteiger partial charge in [0.05, 0.1) is 16.9 Å². The molecule has 1 N–H and O–H groups in total. The van der Waals surface area contributed by atoms with Crippen LogP contribution in [0.25, 0.3) is 0 Å². The molecule has 0 unspecified atom stereocenters. The zero-order valence-electron chi connectivity index (χ0n) is 9.31. The topological polar surface area (TPSA) is 62.1 Å². The van der Waals surface area contributed by atoms with E-state index in [9.17, 15) is 4.79 Å². The van der Waals surface area contributed by atoms with Crippen molar-refractivity contribution < 1.29 is 9.53 Å². The van der Waals surface area contributed by atoms with Crippen LogP contribution < -0.4 is 10.1 Å². The maximum atomic E-state index is 11.0. The van der Waals surface area contributed by atoms with E-state index in [0.717, 1.165) is 6.29 Å². The number of carbonyl (C=O) groups is 1. The normalized spacial score (nSPS) is 11.3. The highest BCUT2D eigenvalue weighted by atomic mass is 16.5. The highest BCUT2D eigenvalue weighted by Crippen LogP contribution is 2.44. The summed E-state index contributed by atoms with van der Waals surface area (Å²) in [6.45, 7) is 0. The Kier molecular flexibility index (Phi) is 2.24. The number of carbonyl (C=O) groups excluding carboxylic acids is 1. The number of nitriles is 1. The first-order valence-corrected chi connectivity index (χ1v) is 5.39. The lowest BCUT2D eigenvalue weighted by molar-refractivity contribution is 0.112. The average Bonchev–Trinajstić information content (AvgIpc) is 2.43. The molecule has 0 aliphatic carbocycles. The van der Waals surface area contributed by atoms with Crippen LogP contribution in [0.1, 0.15) is 15.9 Å². The molecule has 2 aromatic carbocycles. The van der Waals surface area contributed by atoms with Gasteiger partial charge in [-0.05, 0) is 24.3 Å². The summed E-state index contributed by atoms with van der Waals surface area (Å²) >= 11 is 0. The molecule has 0 fully saturated rings. The Morgan fingerprint density at radius 2 is 1.83 bits per heavy atom. The van der Waals surface area contributed by atoms with Crippen molar-refractivity contribution >= 4 is 17.7 Å². The molecule has 2 aromatic rings. The smallest absolute Gasteiger partial charge is 0.152 e. The molecule has 1 heterocycles. The molecule has 3 rings (SSSR count). The third-order valence-corrected chi connectivity index (χ3v) is 2.80. The average molecular weight is 236 g/mol. The summed E-state index contributed by atoms with van der Waals surface area (Å²) in [5.41, 5.74) is 2.19. The SMILES string of the molecule is N#Cc1cccc2c1Nc1c(C=O)cccc1O2. The monoisotopic (exact) mass is 236 g/mol. The summed E-state index contributed by atoms with van der Waals surface area (Å²) in [5.74, 6) is 1.17. The van der Waals surface area contributed by atoms with Gasteiger partial charge in [0.1, 0.15) is 6.07 Å². The number of benzene rings is 2. The Bertz CT molecular complexity index is 687. The van der Waals surface area contributed by atoms with Gasteiger partial charge in [-0.25, -0.2) is 0 Å². The van der Waals surface area contributed by atoms with Crippen LogP contribution in [0.15, 0.2) is 36.4 Å². The van der Waals surface area contributed by atoms with E-state index in [1.165, 1.54) is 0 Å². The first kappa shape index (κ1) is 10.4. The van der Waals surface area contributed by atoms with Crippen molar-refractivity contribution in [2.45, 2.75) is 0 Å². The fourth-order valence-corrected chi connectivity index (χ4v) is 1.95. The molecule has 0 bridgehead atoms. The van der Waals surface area contributed by atoms with Crippen molar-refractivity contribution in [3.63, 3.8) is 0 Å². The molecule has 1 aliphatic rings. The fourth-order valence-electron chi connectivity index (χ4n) is 1.95. The van der Waals surface area contributed by atoms with Gasteiger partial charge in [-0.3, -0.25) is 4.79 Å². The Morgan fingerprint density at radius 1 is 1.11 bits per heavy atom. The van der Waals surface area contributed by atoms with Gasteiger partial charge < -0.3 is 10.1 Å². The van der Waals surface area contributed by atoms with Gasteiger partial charge in [0.25, 0.3) is 0 Å². The van der Waals surface area contributed by atoms with Crippen molar-refractivity contribution in [3.05, 3.63) is 47.5 Å². The number of rotatable bonds is 1. The highest BCUT2D eigenvalue weighted by molar-refractivity contribution is 5.92. The summed E-state index contributed by atoms with van der Waals surface area (Å²) in [6.07, 6.45) is 0.759. The number of aldehydes is 1. The summed E-state index contributed by atoms with van der Waals surface area (Å²) < 4.78 is 5.69. The number of para-hydroxylation sites is 2. The predicted octanol–water partition coefficient (Wildman–Crippen LogP) is 3.22. The number of hydrogen-bond acceptors (Lipinski definition) is 4. The molecule has 0 spiro atoms. The Morgan fingerprint density at radius 3 is 2.56 bits per heavy atom. The van der Waals surface area contributed by atoms with Crippen molar-refractivity contribution in [1.29, 1.82) is 5.26 Å². The summed E-state index contributed by atoms with van der Waals surface area (Å²) in [6, 6.07) is 12.6. The quantitative estimate of drug-likeness (QED) is 0.659. The van der Waals surface area contributed by atoms with Gasteiger partial charge in [0.2, 0.25) is 0 Å². The Labute approximate surface area is 103 Å². The van der Waals surface area contributed by atoms with Crippen LogP contribution in [0.3, 0.4) is 0 Å². The highest BCUT2D eigenvalue weighted by Gasteiger charge is 2.21. The van der Waals surface area contributed by atoms with Crippen molar-refractivity contribution in [1.82, 2.24) is 0 Å². The predicted molar refractivity (Wildman–Crippen MR) is 66.3 cm³/mol. The number of fused-ring (bicyclic) bond motifs is 2. The number of hydrogen-bond donors (Lipinski definition) is 1. The zero-order chi connectivity index (χ0) is 12.5. The van der Waals surface area contributed by atoms with Crippen LogP contribution in [-0.2, 0) is 0 Å². The molecular formula is C14H8N2O2. The Balaban J connectivity index is 2.19. The van der Waals surface area contributed by atoms with E-state index in [1.807, 2.05) is 0 Å². The number of nitrogens with one attached hydrogen (secondary N) is 1.